The van der Waals surface area contributed by atoms with Crippen LogP contribution in [0.5, 0.6) is 0 Å². The second kappa shape index (κ2) is 6.36. The largest absolute Gasteiger partial charge is 0.326 e. The van der Waals surface area contributed by atoms with Gasteiger partial charge in [-0.05, 0) is 18.1 Å². The minimum Gasteiger partial charge on any atom is -0.326 e. The normalized spacial score (nSPS) is 14.4. The van der Waals surface area contributed by atoms with E-state index in [1.807, 2.05) is 18.2 Å². The molecule has 0 radical (unpaired) electrons. The van der Waals surface area contributed by atoms with Gasteiger partial charge in [-0.2, -0.15) is 5.10 Å². The molecule has 4 nitrogen and oxygen atoms in total. The van der Waals surface area contributed by atoms with Crippen molar-refractivity contribution in [3.8, 4) is 0 Å². The monoisotopic (exact) mass is 326 g/mol. The molecule has 0 aliphatic carbocycles. The van der Waals surface area contributed by atoms with Gasteiger partial charge in [-0.25, -0.2) is 4.98 Å². The number of halogens is 1. The Bertz CT molecular complexity index is 489. The van der Waals surface area contributed by atoms with Gasteiger partial charge < -0.3 is 5.73 Å². The summed E-state index contributed by atoms with van der Waals surface area (Å²) in [5.41, 5.74) is 7.42. The summed E-state index contributed by atoms with van der Waals surface area (Å²) in [6.07, 6.45) is 2.42. The van der Waals surface area contributed by atoms with E-state index in [1.54, 1.807) is 11.8 Å². The van der Waals surface area contributed by atoms with E-state index in [-0.39, 0.29) is 11.3 Å². The van der Waals surface area contributed by atoms with E-state index < -0.39 is 0 Å². The van der Waals surface area contributed by atoms with Gasteiger partial charge in [-0.15, -0.1) is 0 Å². The van der Waals surface area contributed by atoms with Crippen molar-refractivity contribution >= 4 is 27.7 Å². The molecule has 2 unspecified atom stereocenters. The Morgan fingerprint density at radius 3 is 2.83 bits per heavy atom. The maximum absolute atomic E-state index is 6.23. The average Bonchev–Trinajstić information content (AvgIpc) is 2.89. The smallest absolute Gasteiger partial charge is 0.184 e. The first-order valence-corrected chi connectivity index (χ1v) is 7.41. The van der Waals surface area contributed by atoms with E-state index in [4.69, 9.17) is 5.73 Å². The van der Waals surface area contributed by atoms with Crippen LogP contribution in [0.25, 0.3) is 0 Å². The SMILES string of the molecule is CCC(N)C(Sc1ncn[nH]1)c1ccccc1Br. The zero-order chi connectivity index (χ0) is 13.0. The first-order chi connectivity index (χ1) is 8.72. The molecule has 18 heavy (non-hydrogen) atoms. The van der Waals surface area contributed by atoms with Gasteiger partial charge in [0.1, 0.15) is 6.33 Å². The minimum absolute atomic E-state index is 0.0683. The number of benzene rings is 1. The van der Waals surface area contributed by atoms with Gasteiger partial charge in [0.25, 0.3) is 0 Å². The lowest BCUT2D eigenvalue weighted by Gasteiger charge is -2.22. The van der Waals surface area contributed by atoms with Gasteiger partial charge in [0.15, 0.2) is 5.16 Å². The zero-order valence-corrected chi connectivity index (χ0v) is 12.4. The molecule has 96 valence electrons. The third-order valence-electron chi connectivity index (χ3n) is 2.70. The highest BCUT2D eigenvalue weighted by atomic mass is 79.9. The Labute approximate surface area is 119 Å². The van der Waals surface area contributed by atoms with Crippen LogP contribution in [0.1, 0.15) is 24.2 Å². The first-order valence-electron chi connectivity index (χ1n) is 5.74. The van der Waals surface area contributed by atoms with Crippen molar-refractivity contribution in [2.45, 2.75) is 29.8 Å². The molecule has 0 saturated heterocycles. The number of nitrogens with one attached hydrogen (secondary N) is 1. The number of aromatic amines is 1. The van der Waals surface area contributed by atoms with Crippen LogP contribution in [0.2, 0.25) is 0 Å². The third kappa shape index (κ3) is 3.13. The number of hydrogen-bond donors (Lipinski definition) is 2. The molecular formula is C12H15BrN4S. The number of rotatable bonds is 5. The van der Waals surface area contributed by atoms with Gasteiger partial charge in [0.2, 0.25) is 0 Å². The van der Waals surface area contributed by atoms with Crippen LogP contribution in [0.15, 0.2) is 40.2 Å². The number of aromatic nitrogens is 3. The van der Waals surface area contributed by atoms with E-state index in [9.17, 15) is 0 Å². The van der Waals surface area contributed by atoms with E-state index in [0.29, 0.717) is 0 Å². The molecule has 2 atom stereocenters. The molecule has 0 fully saturated rings. The molecule has 1 aromatic heterocycles. The van der Waals surface area contributed by atoms with Crippen LogP contribution in [-0.2, 0) is 0 Å². The summed E-state index contributed by atoms with van der Waals surface area (Å²) in [5, 5.41) is 7.68. The van der Waals surface area contributed by atoms with Crippen molar-refractivity contribution in [3.05, 3.63) is 40.6 Å². The van der Waals surface area contributed by atoms with Crippen LogP contribution in [0.3, 0.4) is 0 Å². The molecule has 2 aromatic rings. The van der Waals surface area contributed by atoms with E-state index in [2.05, 4.69) is 44.1 Å². The van der Waals surface area contributed by atoms with Crippen molar-refractivity contribution < 1.29 is 0 Å². The fraction of sp³-hybridized carbons (Fsp3) is 0.333. The fourth-order valence-corrected chi connectivity index (χ4v) is 3.51. The van der Waals surface area contributed by atoms with Crippen molar-refractivity contribution in [2.75, 3.05) is 0 Å². The van der Waals surface area contributed by atoms with Gasteiger partial charge >= 0.3 is 0 Å². The van der Waals surface area contributed by atoms with Crippen LogP contribution in [0.4, 0.5) is 0 Å². The molecule has 0 amide bonds. The van der Waals surface area contributed by atoms with E-state index in [0.717, 1.165) is 16.0 Å². The van der Waals surface area contributed by atoms with Gasteiger partial charge in [-0.1, -0.05) is 52.8 Å². The molecule has 0 spiro atoms. The number of nitrogens with two attached hydrogens (primary N) is 1. The lowest BCUT2D eigenvalue weighted by atomic mass is 10.0. The summed E-state index contributed by atoms with van der Waals surface area (Å²) in [6, 6.07) is 8.22. The maximum Gasteiger partial charge on any atom is 0.184 e. The lowest BCUT2D eigenvalue weighted by molar-refractivity contribution is 0.631. The van der Waals surface area contributed by atoms with Gasteiger partial charge in [0, 0.05) is 10.5 Å². The predicted octanol–water partition coefficient (Wildman–Crippen LogP) is 3.14. The Kier molecular flexibility index (Phi) is 4.79. The summed E-state index contributed by atoms with van der Waals surface area (Å²) in [6.45, 7) is 2.09. The topological polar surface area (TPSA) is 67.6 Å². The summed E-state index contributed by atoms with van der Waals surface area (Å²) < 4.78 is 1.07. The molecule has 0 aliphatic rings. The summed E-state index contributed by atoms with van der Waals surface area (Å²) >= 11 is 5.19. The molecule has 1 aromatic carbocycles. The molecule has 0 aliphatic heterocycles. The van der Waals surface area contributed by atoms with Crippen molar-refractivity contribution in [1.29, 1.82) is 0 Å². The van der Waals surface area contributed by atoms with Crippen LogP contribution in [-0.4, -0.2) is 21.2 Å². The minimum atomic E-state index is 0.0683. The molecular weight excluding hydrogens is 312 g/mol. The van der Waals surface area contributed by atoms with Crippen LogP contribution >= 0.6 is 27.7 Å². The van der Waals surface area contributed by atoms with E-state index >= 15 is 0 Å². The van der Waals surface area contributed by atoms with Crippen molar-refractivity contribution in [1.82, 2.24) is 15.2 Å². The number of thioether (sulfide) groups is 1. The van der Waals surface area contributed by atoms with E-state index in [1.165, 1.54) is 11.9 Å². The lowest BCUT2D eigenvalue weighted by Crippen LogP contribution is -2.26. The summed E-state index contributed by atoms with van der Waals surface area (Å²) in [4.78, 5) is 4.15. The number of nitrogens with zero attached hydrogens (tertiary/aromatic N) is 2. The summed E-state index contributed by atoms with van der Waals surface area (Å²) in [7, 11) is 0. The van der Waals surface area contributed by atoms with Gasteiger partial charge in [0.05, 0.1) is 5.25 Å². The number of hydrogen-bond acceptors (Lipinski definition) is 4. The van der Waals surface area contributed by atoms with Crippen LogP contribution < -0.4 is 5.73 Å². The second-order valence-electron chi connectivity index (χ2n) is 3.92. The Morgan fingerprint density at radius 2 is 2.22 bits per heavy atom. The zero-order valence-electron chi connectivity index (χ0n) is 10.0. The predicted molar refractivity (Wildman–Crippen MR) is 77.4 cm³/mol. The van der Waals surface area contributed by atoms with Gasteiger partial charge in [-0.3, -0.25) is 5.10 Å². The fourth-order valence-electron chi connectivity index (χ4n) is 1.67. The molecule has 2 rings (SSSR count). The van der Waals surface area contributed by atoms with Crippen molar-refractivity contribution in [2.24, 2.45) is 5.73 Å². The Hall–Kier alpha value is -0.850. The number of H-pyrrole nitrogens is 1. The average molecular weight is 327 g/mol. The quantitative estimate of drug-likeness (QED) is 0.828. The maximum atomic E-state index is 6.23. The highest BCUT2D eigenvalue weighted by Gasteiger charge is 2.22. The second-order valence-corrected chi connectivity index (χ2v) is 5.91. The highest BCUT2D eigenvalue weighted by molar-refractivity contribution is 9.10. The molecule has 0 bridgehead atoms. The molecule has 0 saturated carbocycles. The van der Waals surface area contributed by atoms with Crippen molar-refractivity contribution in [3.63, 3.8) is 0 Å². The Balaban J connectivity index is 2.28. The standard InChI is InChI=1S/C12H15BrN4S/c1-2-10(14)11(18-12-15-7-16-17-12)8-5-3-4-6-9(8)13/h3-7,10-11H,2,14H2,1H3,(H,15,16,17). The molecule has 6 heteroatoms. The first kappa shape index (κ1) is 13.6. The third-order valence-corrected chi connectivity index (χ3v) is 4.70. The Morgan fingerprint density at radius 1 is 1.44 bits per heavy atom. The molecule has 1 heterocycles. The highest BCUT2D eigenvalue weighted by Crippen LogP contribution is 2.39. The molecule has 3 N–H and O–H groups in total. The van der Waals surface area contributed by atoms with Crippen LogP contribution in [0, 0.1) is 0 Å². The summed E-state index contributed by atoms with van der Waals surface area (Å²) in [5.74, 6) is 0.